The number of aliphatic carboxylic acids is 2. The van der Waals surface area contributed by atoms with Gasteiger partial charge in [-0.2, -0.15) is 75.8 Å². The third-order valence-electron chi connectivity index (χ3n) is 20.1. The minimum absolute atomic E-state index is 0.0106. The number of primary amides is 2. The molecule has 1 aliphatic heterocycles. The maximum absolute atomic E-state index is 14.5. The summed E-state index contributed by atoms with van der Waals surface area (Å²) < 4.78 is 0. The van der Waals surface area contributed by atoms with Crippen LogP contribution in [0.3, 0.4) is 0 Å². The molecule has 0 aliphatic carbocycles. The van der Waals surface area contributed by atoms with Crippen LogP contribution in [0.15, 0.2) is 78.9 Å². The molecular weight excluding hydrogens is 1860 g/mol. The number of phenolic OH excluding ortho intramolecular Hbond substituents is 2. The number of nitrogens with zero attached hydrogens (tertiary/aromatic N) is 1. The summed E-state index contributed by atoms with van der Waals surface area (Å²) in [4.78, 5) is 284. The molecule has 27 N–H and O–H groups in total. The van der Waals surface area contributed by atoms with Gasteiger partial charge in [0, 0.05) is 66.7 Å². The number of aliphatic hydroxyl groups is 1. The second-order valence-corrected chi connectivity index (χ2v) is 33.5. The van der Waals surface area contributed by atoms with E-state index in [1.54, 1.807) is 44.2 Å². The monoisotopic (exact) mass is 1980 g/mol. The van der Waals surface area contributed by atoms with Gasteiger partial charge in [0.2, 0.25) is 112 Å². The quantitative estimate of drug-likeness (QED) is 0.0233. The normalized spacial score (nSPS) is 16.0. The van der Waals surface area contributed by atoms with E-state index in [2.05, 4.69) is 161 Å². The Morgan fingerprint density at radius 2 is 0.759 bits per heavy atom. The Hall–Kier alpha value is -11.9. The molecule has 3 aromatic rings. The zero-order valence-electron chi connectivity index (χ0n) is 72.9. The van der Waals surface area contributed by atoms with Gasteiger partial charge < -0.3 is 133 Å². The van der Waals surface area contributed by atoms with Crippen molar-refractivity contribution in [2.24, 2.45) is 23.1 Å². The summed E-state index contributed by atoms with van der Waals surface area (Å²) in [7, 11) is 0. The van der Waals surface area contributed by atoms with E-state index in [1.807, 2.05) is 0 Å². The van der Waals surface area contributed by atoms with Crippen molar-refractivity contribution in [2.75, 3.05) is 47.6 Å². The van der Waals surface area contributed by atoms with Crippen LogP contribution in [0.1, 0.15) is 96.3 Å². The Labute approximate surface area is 796 Å². The van der Waals surface area contributed by atoms with Crippen molar-refractivity contribution >= 4 is 200 Å². The molecule has 1 saturated heterocycles. The molecule has 18 atom stereocenters. The number of carboxylic acids is 2. The number of amides is 19. The van der Waals surface area contributed by atoms with Crippen molar-refractivity contribution in [2.45, 2.75) is 208 Å². The van der Waals surface area contributed by atoms with Gasteiger partial charge in [-0.05, 0) is 93.3 Å². The number of carbonyl (C=O) groups is 21. The number of nitrogens with two attached hydrogens (primary N) is 3. The van der Waals surface area contributed by atoms with Crippen LogP contribution in [0.4, 0.5) is 0 Å². The van der Waals surface area contributed by atoms with Crippen molar-refractivity contribution in [3.05, 3.63) is 95.6 Å². The molecule has 52 heteroatoms. The molecule has 0 saturated carbocycles. The van der Waals surface area contributed by atoms with Gasteiger partial charge in [0.15, 0.2) is 0 Å². The van der Waals surface area contributed by atoms with Crippen molar-refractivity contribution in [3.63, 3.8) is 0 Å². The van der Waals surface area contributed by atoms with E-state index in [4.69, 9.17) is 17.2 Å². The number of rotatable bonds is 56. The zero-order chi connectivity index (χ0) is 99.8. The van der Waals surface area contributed by atoms with Gasteiger partial charge in [-0.1, -0.05) is 68.4 Å². The SMILES string of the molecule is CC(C)C[C@H](NC(=O)[C@H](CCC(=O)O)NC(=O)[C@H](CS)NC(=O)[C@H](CS)NC(=O)[C@H](Cc1ccc(O)cc1)NC(=O)[C@H](Cc1ccccc1)NC(=O)[C@@H](NC(=O)[C@@H](N)CC(N)=O)[C@@H](C)O)C(=O)N[C@@H](CS)C(=O)N[C@@H](CS)C(=O)N[C@@H](CC(N)=O)C(=O)N1CCC[C@H]1C(=O)N[C@@H](C)C(=O)N[C@@H](CS)C(=O)N[C@@H](C)C(=O)NCC(=O)N[C@@H](CS)C(=O)N[C@@H](Cc1ccc(O)cc1)C(=O)O. The van der Waals surface area contributed by atoms with E-state index in [-0.39, 0.29) is 68.1 Å². The number of hydrogen-bond acceptors (Lipinski definition) is 31. The van der Waals surface area contributed by atoms with E-state index < -0.39 is 294 Å². The van der Waals surface area contributed by atoms with Crippen LogP contribution in [0.25, 0.3) is 0 Å². The number of benzene rings is 3. The standard InChI is InChI=1S/C81H116N20O26S6/c1-37(2)24-48(90-68(113)47(21-22-63(108)109)89-74(119)55(33-130)98-77(122)58(36-133)97-71(116)49(26-42-13-17-44(103)18-14-42)91-70(115)50(25-41-10-7-6-8-11-41)92-79(124)64(40(5)102)100-67(112)46(82)28-60(83)105)69(114)96-57(35-132)76(121)99-56(34-131)75(120)93-51(29-61(84)106)80(125)101-23-9-12-59(101)78(123)87-39(4)66(111)95-54(32-129)72(117)86-38(3)65(110)85-30-62(107)88-53(31-128)73(118)94-52(81(126)127)27-43-15-19-45(104)20-16-43/h6-8,10-11,13-20,37-40,46-59,64,102-104,128-133H,9,12,21-36,82H2,1-5H3,(H2,83,105)(H2,84,106)(H,85,110)(H,86,117)(H,87,123)(H,88,107)(H,89,119)(H,90,113)(H,91,115)(H,92,124)(H,93,120)(H,94,118)(H,95,111)(H,96,114)(H,97,116)(H,98,122)(H,99,121)(H,100,112)(H,108,109)(H,126,127)/t38-,39-,40+,46-,47-,48-,49-,50-,51-,52-,53-,54-,55-,56-,57-,58-,59-,64-/m0/s1. The van der Waals surface area contributed by atoms with Gasteiger partial charge in [-0.3, -0.25) is 95.9 Å². The molecule has 732 valence electrons. The van der Waals surface area contributed by atoms with E-state index in [9.17, 15) is 126 Å². The fourth-order valence-corrected chi connectivity index (χ4v) is 14.4. The summed E-state index contributed by atoms with van der Waals surface area (Å²) in [5, 5.41) is 87.9. The van der Waals surface area contributed by atoms with E-state index in [0.29, 0.717) is 16.7 Å². The van der Waals surface area contributed by atoms with Crippen molar-refractivity contribution < 1.29 is 126 Å². The second kappa shape index (κ2) is 56.9. The maximum atomic E-state index is 14.5. The molecule has 46 nitrogen and oxygen atoms in total. The first-order chi connectivity index (χ1) is 62.7. The third kappa shape index (κ3) is 38.7. The predicted octanol–water partition coefficient (Wildman–Crippen LogP) is -8.42. The van der Waals surface area contributed by atoms with Gasteiger partial charge in [0.05, 0.1) is 31.5 Å². The molecular formula is C81H116N20O26S6. The molecule has 1 aliphatic rings. The van der Waals surface area contributed by atoms with Crippen molar-refractivity contribution in [3.8, 4) is 11.5 Å². The first kappa shape index (κ1) is 113. The highest BCUT2D eigenvalue weighted by molar-refractivity contribution is 7.81. The molecule has 3 aromatic carbocycles. The molecule has 0 unspecified atom stereocenters. The molecule has 19 amide bonds. The van der Waals surface area contributed by atoms with Crippen LogP contribution in [0, 0.1) is 5.92 Å². The Morgan fingerprint density at radius 3 is 1.19 bits per heavy atom. The van der Waals surface area contributed by atoms with Crippen LogP contribution < -0.4 is 102 Å². The van der Waals surface area contributed by atoms with Gasteiger partial charge in [0.1, 0.15) is 108 Å². The highest BCUT2D eigenvalue weighted by Crippen LogP contribution is 2.22. The lowest BCUT2D eigenvalue weighted by molar-refractivity contribution is -0.143. The predicted molar refractivity (Wildman–Crippen MR) is 496 cm³/mol. The number of likely N-dealkylation sites (tertiary alicyclic amines) is 1. The topological polar surface area (TPSA) is 733 Å². The van der Waals surface area contributed by atoms with Crippen LogP contribution >= 0.6 is 75.8 Å². The van der Waals surface area contributed by atoms with Crippen LogP contribution in [0.5, 0.6) is 11.5 Å². The Kier molecular flexibility index (Phi) is 48.5. The summed E-state index contributed by atoms with van der Waals surface area (Å²) >= 11 is 25.1. The number of hydrogen-bond donors (Lipinski definition) is 30. The lowest BCUT2D eigenvalue weighted by Crippen LogP contribution is -2.62. The molecule has 0 spiro atoms. The number of thiol groups is 6. The average molecular weight is 1980 g/mol. The van der Waals surface area contributed by atoms with Crippen LogP contribution in [-0.4, -0.2) is 311 Å². The Bertz CT molecular complexity index is 4610. The number of phenols is 2. The smallest absolute Gasteiger partial charge is 0.326 e. The van der Waals surface area contributed by atoms with Gasteiger partial charge in [0.25, 0.3) is 0 Å². The fourth-order valence-electron chi connectivity index (χ4n) is 12.8. The highest BCUT2D eigenvalue weighted by atomic mass is 32.1. The summed E-state index contributed by atoms with van der Waals surface area (Å²) in [5.41, 5.74) is 17.8. The fraction of sp³-hybridized carbons (Fsp3) is 0.519. The van der Waals surface area contributed by atoms with Gasteiger partial charge in [-0.25, -0.2) is 4.79 Å². The van der Waals surface area contributed by atoms with Gasteiger partial charge >= 0.3 is 11.9 Å². The number of aromatic hydroxyl groups is 2. The summed E-state index contributed by atoms with van der Waals surface area (Å²) in [6.07, 6.45) is -5.30. The first-order valence-corrected chi connectivity index (χ1v) is 45.3. The molecule has 1 heterocycles. The van der Waals surface area contributed by atoms with E-state index in [1.165, 1.54) is 62.4 Å². The molecule has 0 aromatic heterocycles. The number of nitrogens with one attached hydrogen (secondary N) is 16. The zero-order valence-corrected chi connectivity index (χ0v) is 78.2. The van der Waals surface area contributed by atoms with E-state index in [0.717, 1.165) is 11.8 Å². The Balaban J connectivity index is 1.41. The van der Waals surface area contributed by atoms with E-state index >= 15 is 0 Å². The summed E-state index contributed by atoms with van der Waals surface area (Å²) in [5.74, 6) is -25.7. The lowest BCUT2D eigenvalue weighted by atomic mass is 10.0. The first-order valence-electron chi connectivity index (χ1n) is 41.5. The lowest BCUT2D eigenvalue weighted by Gasteiger charge is -2.30. The molecule has 133 heavy (non-hydrogen) atoms. The minimum Gasteiger partial charge on any atom is -0.508 e. The summed E-state index contributed by atoms with van der Waals surface area (Å²) in [6, 6.07) is -7.62. The highest BCUT2D eigenvalue weighted by Gasteiger charge is 2.43. The van der Waals surface area contributed by atoms with Crippen molar-refractivity contribution in [1.29, 1.82) is 0 Å². The van der Waals surface area contributed by atoms with Crippen molar-refractivity contribution in [1.82, 2.24) is 90.0 Å². The molecule has 4 rings (SSSR count). The Morgan fingerprint density at radius 1 is 0.398 bits per heavy atom. The van der Waals surface area contributed by atoms with Gasteiger partial charge in [-0.15, -0.1) is 0 Å². The third-order valence-corrected chi connectivity index (χ3v) is 22.2. The number of carbonyl (C=O) groups excluding carboxylic acids is 19. The maximum Gasteiger partial charge on any atom is 0.326 e. The molecule has 0 radical (unpaired) electrons. The number of aliphatic hydroxyl groups excluding tert-OH is 1. The minimum atomic E-state index is -1.80. The summed E-state index contributed by atoms with van der Waals surface area (Å²) in [6.45, 7) is 6.02. The number of carboxylic acid groups (broad SMARTS) is 2. The largest absolute Gasteiger partial charge is 0.508 e. The van der Waals surface area contributed by atoms with Crippen LogP contribution in [0.2, 0.25) is 0 Å². The molecule has 1 fully saturated rings. The second-order valence-electron chi connectivity index (χ2n) is 31.3. The molecule has 0 bridgehead atoms. The average Bonchev–Trinajstić information content (AvgIpc) is 1.60. The van der Waals surface area contributed by atoms with Crippen LogP contribution in [-0.2, 0) is 120 Å².